The van der Waals surface area contributed by atoms with Crippen molar-refractivity contribution in [2.75, 3.05) is 5.43 Å². The van der Waals surface area contributed by atoms with Crippen LogP contribution in [-0.4, -0.2) is 10.9 Å². The molecule has 0 aromatic carbocycles. The van der Waals surface area contributed by atoms with Gasteiger partial charge in [-0.25, -0.2) is 10.8 Å². The van der Waals surface area contributed by atoms with Crippen molar-refractivity contribution in [2.24, 2.45) is 5.84 Å². The normalized spacial score (nSPS) is 12.0. The molecule has 2 heterocycles. The second-order valence-electron chi connectivity index (χ2n) is 4.76. The number of nitrogens with one attached hydrogen (secondary N) is 2. The zero-order chi connectivity index (χ0) is 15.6. The molecular weight excluding hydrogens is 336 g/mol. The molecule has 0 aliphatic carbocycles. The number of aromatic nitrogens is 1. The van der Waals surface area contributed by atoms with E-state index in [4.69, 9.17) is 10.3 Å². The molecule has 1 amide bonds. The van der Waals surface area contributed by atoms with Crippen molar-refractivity contribution in [1.82, 2.24) is 10.3 Å². The van der Waals surface area contributed by atoms with E-state index in [1.807, 2.05) is 26.8 Å². The first-order valence-electron chi connectivity index (χ1n) is 6.42. The average molecular weight is 353 g/mol. The first-order valence-corrected chi connectivity index (χ1v) is 7.21. The Morgan fingerprint density at radius 2 is 2.14 bits per heavy atom. The molecule has 21 heavy (non-hydrogen) atoms. The smallest absolute Gasteiger partial charge is 0.255 e. The fourth-order valence-corrected chi connectivity index (χ4v) is 2.49. The summed E-state index contributed by atoms with van der Waals surface area (Å²) >= 11 is 3.29. The Balaban J connectivity index is 2.22. The van der Waals surface area contributed by atoms with Gasteiger partial charge in [0.1, 0.15) is 11.5 Å². The molecule has 2 rings (SSSR count). The SMILES string of the molecule is Cc1cc(C(C)NC(=O)c2cc(Br)cnc2NN)c(C)o1. The van der Waals surface area contributed by atoms with Gasteiger partial charge < -0.3 is 15.2 Å². The number of nitrogen functional groups attached to an aromatic ring is 1. The Hall–Kier alpha value is -1.86. The highest BCUT2D eigenvalue weighted by atomic mass is 79.9. The molecule has 0 aliphatic heterocycles. The zero-order valence-electron chi connectivity index (χ0n) is 12.0. The topological polar surface area (TPSA) is 93.2 Å². The number of hydrogen-bond donors (Lipinski definition) is 3. The maximum atomic E-state index is 12.4. The molecule has 7 heteroatoms. The van der Waals surface area contributed by atoms with Gasteiger partial charge in [0.25, 0.3) is 5.91 Å². The van der Waals surface area contributed by atoms with Gasteiger partial charge in [0.15, 0.2) is 5.82 Å². The number of hydrazine groups is 1. The lowest BCUT2D eigenvalue weighted by atomic mass is 10.1. The predicted octanol–water partition coefficient (Wildman–Crippen LogP) is 2.83. The number of pyridine rings is 1. The lowest BCUT2D eigenvalue weighted by molar-refractivity contribution is 0.0940. The first kappa shape index (κ1) is 15.5. The maximum absolute atomic E-state index is 12.4. The fourth-order valence-electron chi connectivity index (χ4n) is 2.16. The summed E-state index contributed by atoms with van der Waals surface area (Å²) in [5.74, 6) is 7.06. The lowest BCUT2D eigenvalue weighted by Gasteiger charge is -2.15. The number of amides is 1. The van der Waals surface area contributed by atoms with Crippen LogP contribution in [-0.2, 0) is 0 Å². The average Bonchev–Trinajstić information content (AvgIpc) is 2.77. The van der Waals surface area contributed by atoms with Crippen LogP contribution >= 0.6 is 15.9 Å². The lowest BCUT2D eigenvalue weighted by Crippen LogP contribution is -2.28. The van der Waals surface area contributed by atoms with E-state index in [1.54, 1.807) is 12.3 Å². The second-order valence-corrected chi connectivity index (χ2v) is 5.67. The molecule has 0 bridgehead atoms. The number of nitrogens with two attached hydrogens (primary N) is 1. The number of anilines is 1. The van der Waals surface area contributed by atoms with Crippen molar-refractivity contribution in [1.29, 1.82) is 0 Å². The van der Waals surface area contributed by atoms with Gasteiger partial charge in [-0.3, -0.25) is 4.79 Å². The van der Waals surface area contributed by atoms with Crippen LogP contribution in [0.15, 0.2) is 27.2 Å². The highest BCUT2D eigenvalue weighted by Gasteiger charge is 2.18. The molecule has 0 saturated heterocycles. The number of halogens is 1. The van der Waals surface area contributed by atoms with E-state index in [1.165, 1.54) is 0 Å². The van der Waals surface area contributed by atoms with Gasteiger partial charge in [0, 0.05) is 16.2 Å². The van der Waals surface area contributed by atoms with Crippen molar-refractivity contribution < 1.29 is 9.21 Å². The van der Waals surface area contributed by atoms with Crippen LogP contribution in [0.4, 0.5) is 5.82 Å². The quantitative estimate of drug-likeness (QED) is 0.581. The summed E-state index contributed by atoms with van der Waals surface area (Å²) in [6.07, 6.45) is 1.57. The predicted molar refractivity (Wildman–Crippen MR) is 83.8 cm³/mol. The van der Waals surface area contributed by atoms with E-state index in [2.05, 4.69) is 31.7 Å². The summed E-state index contributed by atoms with van der Waals surface area (Å²) < 4.78 is 6.19. The molecule has 0 radical (unpaired) electrons. The summed E-state index contributed by atoms with van der Waals surface area (Å²) in [6, 6.07) is 3.40. The van der Waals surface area contributed by atoms with Crippen LogP contribution in [0.1, 0.15) is 40.4 Å². The van der Waals surface area contributed by atoms with E-state index >= 15 is 0 Å². The van der Waals surface area contributed by atoms with Crippen LogP contribution in [0.3, 0.4) is 0 Å². The van der Waals surface area contributed by atoms with Gasteiger partial charge in [0.05, 0.1) is 11.6 Å². The zero-order valence-corrected chi connectivity index (χ0v) is 13.6. The summed E-state index contributed by atoms with van der Waals surface area (Å²) in [5, 5.41) is 2.91. The van der Waals surface area contributed by atoms with Gasteiger partial charge >= 0.3 is 0 Å². The van der Waals surface area contributed by atoms with E-state index in [0.717, 1.165) is 17.1 Å². The minimum atomic E-state index is -0.262. The summed E-state index contributed by atoms with van der Waals surface area (Å²) in [6.45, 7) is 5.65. The third-order valence-electron chi connectivity index (χ3n) is 3.13. The van der Waals surface area contributed by atoms with Crippen LogP contribution in [0.2, 0.25) is 0 Å². The molecule has 0 saturated carbocycles. The van der Waals surface area contributed by atoms with E-state index in [9.17, 15) is 4.79 Å². The van der Waals surface area contributed by atoms with Crippen molar-refractivity contribution in [3.05, 3.63) is 45.4 Å². The molecule has 4 N–H and O–H groups in total. The van der Waals surface area contributed by atoms with Crippen molar-refractivity contribution in [3.8, 4) is 0 Å². The summed E-state index contributed by atoms with van der Waals surface area (Å²) in [5.41, 5.74) is 3.74. The Kier molecular flexibility index (Phi) is 4.64. The van der Waals surface area contributed by atoms with Crippen molar-refractivity contribution >= 4 is 27.7 Å². The largest absolute Gasteiger partial charge is 0.466 e. The van der Waals surface area contributed by atoms with Gasteiger partial charge in [0.2, 0.25) is 0 Å². The molecule has 2 aromatic rings. The maximum Gasteiger partial charge on any atom is 0.255 e. The van der Waals surface area contributed by atoms with Crippen LogP contribution in [0.5, 0.6) is 0 Å². The minimum absolute atomic E-state index is 0.181. The van der Waals surface area contributed by atoms with Gasteiger partial charge in [-0.15, -0.1) is 0 Å². The Morgan fingerprint density at radius 3 is 2.71 bits per heavy atom. The molecule has 2 aromatic heterocycles. The van der Waals surface area contributed by atoms with Crippen LogP contribution in [0.25, 0.3) is 0 Å². The summed E-state index contributed by atoms with van der Waals surface area (Å²) in [7, 11) is 0. The number of nitrogens with zero attached hydrogens (tertiary/aromatic N) is 1. The van der Waals surface area contributed by atoms with Gasteiger partial charge in [-0.1, -0.05) is 0 Å². The Labute approximate surface area is 131 Å². The summed E-state index contributed by atoms with van der Waals surface area (Å²) in [4.78, 5) is 16.4. The highest BCUT2D eigenvalue weighted by molar-refractivity contribution is 9.10. The second kappa shape index (κ2) is 6.28. The number of carbonyl (C=O) groups is 1. The molecular formula is C14H17BrN4O2. The molecule has 112 valence electrons. The molecule has 0 fully saturated rings. The van der Waals surface area contributed by atoms with Gasteiger partial charge in [-0.05, 0) is 48.8 Å². The highest BCUT2D eigenvalue weighted by Crippen LogP contribution is 2.23. The van der Waals surface area contributed by atoms with Crippen LogP contribution in [0, 0.1) is 13.8 Å². The monoisotopic (exact) mass is 352 g/mol. The third-order valence-corrected chi connectivity index (χ3v) is 3.56. The number of carbonyl (C=O) groups excluding carboxylic acids is 1. The molecule has 6 nitrogen and oxygen atoms in total. The van der Waals surface area contributed by atoms with Crippen LogP contribution < -0.4 is 16.6 Å². The number of hydrogen-bond acceptors (Lipinski definition) is 5. The van der Waals surface area contributed by atoms with Crippen molar-refractivity contribution in [2.45, 2.75) is 26.8 Å². The first-order chi connectivity index (χ1) is 9.92. The molecule has 0 spiro atoms. The Morgan fingerprint density at radius 1 is 1.43 bits per heavy atom. The molecule has 1 atom stereocenters. The van der Waals surface area contributed by atoms with E-state index in [-0.39, 0.29) is 11.9 Å². The molecule has 1 unspecified atom stereocenters. The van der Waals surface area contributed by atoms with Gasteiger partial charge in [-0.2, -0.15) is 0 Å². The Bertz CT molecular complexity index is 669. The standard InChI is InChI=1S/C14H17BrN4O2/c1-7-4-11(9(3)21-7)8(2)18-14(20)12-5-10(15)6-17-13(12)19-16/h4-6,8H,16H2,1-3H3,(H,17,19)(H,18,20). The third kappa shape index (κ3) is 3.43. The van der Waals surface area contributed by atoms with Crippen molar-refractivity contribution in [3.63, 3.8) is 0 Å². The minimum Gasteiger partial charge on any atom is -0.466 e. The number of furan rings is 1. The number of rotatable bonds is 4. The fraction of sp³-hybridized carbons (Fsp3) is 0.286. The number of aryl methyl sites for hydroxylation is 2. The molecule has 0 aliphatic rings. The van der Waals surface area contributed by atoms with E-state index in [0.29, 0.717) is 15.9 Å². The van der Waals surface area contributed by atoms with E-state index < -0.39 is 0 Å².